The molecule has 4 rings (SSSR count). The van der Waals surface area contributed by atoms with E-state index in [1.165, 1.54) is 0 Å². The number of benzene rings is 1. The van der Waals surface area contributed by atoms with Crippen molar-refractivity contribution in [3.05, 3.63) is 42.1 Å². The quantitative estimate of drug-likeness (QED) is 0.746. The Morgan fingerprint density at radius 1 is 1.19 bits per heavy atom. The van der Waals surface area contributed by atoms with Gasteiger partial charge in [-0.15, -0.1) is 5.10 Å². The van der Waals surface area contributed by atoms with Crippen LogP contribution < -0.4 is 5.73 Å². The molecule has 1 saturated carbocycles. The summed E-state index contributed by atoms with van der Waals surface area (Å²) in [5.74, 6) is 2.61. The molecule has 0 spiro atoms. The van der Waals surface area contributed by atoms with Crippen molar-refractivity contribution >= 4 is 11.0 Å². The highest BCUT2D eigenvalue weighted by molar-refractivity contribution is 5.74. The van der Waals surface area contributed by atoms with Crippen molar-refractivity contribution in [2.24, 2.45) is 5.73 Å². The molecule has 142 valence electrons. The lowest BCUT2D eigenvalue weighted by atomic mass is 9.83. The van der Waals surface area contributed by atoms with E-state index in [4.69, 9.17) is 20.4 Å². The highest BCUT2D eigenvalue weighted by Crippen LogP contribution is 2.34. The fourth-order valence-electron chi connectivity index (χ4n) is 3.76. The van der Waals surface area contributed by atoms with Crippen molar-refractivity contribution in [1.29, 1.82) is 0 Å². The second-order valence-electron chi connectivity index (χ2n) is 7.23. The molecule has 0 amide bonds. The number of ether oxygens (including phenoxy) is 1. The maximum atomic E-state index is 6.29. The lowest BCUT2D eigenvalue weighted by molar-refractivity contribution is 0.00882. The van der Waals surface area contributed by atoms with E-state index < -0.39 is 0 Å². The fourth-order valence-corrected chi connectivity index (χ4v) is 3.76. The van der Waals surface area contributed by atoms with Crippen LogP contribution in [0.25, 0.3) is 16.9 Å². The summed E-state index contributed by atoms with van der Waals surface area (Å²) in [5.41, 5.74) is 8.01. The number of rotatable bonds is 5. The van der Waals surface area contributed by atoms with E-state index in [2.05, 4.69) is 17.0 Å². The summed E-state index contributed by atoms with van der Waals surface area (Å²) in [5, 5.41) is 4.60. The Morgan fingerprint density at radius 3 is 2.81 bits per heavy atom. The molecular weight excluding hydrogens is 340 g/mol. The molecule has 0 aliphatic heterocycles. The van der Waals surface area contributed by atoms with Gasteiger partial charge in [-0.05, 0) is 44.7 Å². The molecule has 2 heterocycles. The normalized spacial score (nSPS) is 23.0. The average Bonchev–Trinajstić information content (AvgIpc) is 3.08. The molecule has 2 N–H and O–H groups in total. The van der Waals surface area contributed by atoms with Crippen LogP contribution in [0.15, 0.2) is 30.5 Å². The fraction of sp³-hybridized carbons (Fsp3) is 0.500. The Labute approximate surface area is 159 Å². The van der Waals surface area contributed by atoms with Gasteiger partial charge in [-0.3, -0.25) is 4.98 Å². The number of para-hydroxylation sites is 2. The average molecular weight is 366 g/mol. The molecule has 0 radical (unpaired) electrons. The van der Waals surface area contributed by atoms with Gasteiger partial charge in [0.15, 0.2) is 5.82 Å². The Kier molecular flexibility index (Phi) is 5.13. The smallest absolute Gasteiger partial charge is 0.174 e. The molecule has 7 nitrogen and oxygen atoms in total. The zero-order valence-electron chi connectivity index (χ0n) is 15.9. The lowest BCUT2D eigenvalue weighted by Gasteiger charge is -2.33. The van der Waals surface area contributed by atoms with Gasteiger partial charge in [0.2, 0.25) is 0 Å². The molecule has 0 saturated heterocycles. The number of fused-ring (bicyclic) bond motifs is 1. The van der Waals surface area contributed by atoms with Crippen LogP contribution in [0.2, 0.25) is 0 Å². The SMILES string of the molecule is CCCO[C@H]1C[C@@H](c2nc(C)nn2-c2cnc3ccccc3n2)CC[C@@H]1N. The van der Waals surface area contributed by atoms with Crippen molar-refractivity contribution in [3.8, 4) is 5.82 Å². The Morgan fingerprint density at radius 2 is 2.00 bits per heavy atom. The minimum Gasteiger partial charge on any atom is -0.377 e. The van der Waals surface area contributed by atoms with Crippen molar-refractivity contribution < 1.29 is 4.74 Å². The topological polar surface area (TPSA) is 91.7 Å². The van der Waals surface area contributed by atoms with Crippen LogP contribution in [-0.2, 0) is 4.74 Å². The van der Waals surface area contributed by atoms with Crippen LogP contribution >= 0.6 is 0 Å². The van der Waals surface area contributed by atoms with Crippen molar-refractivity contribution in [2.45, 2.75) is 57.6 Å². The van der Waals surface area contributed by atoms with Gasteiger partial charge in [0.25, 0.3) is 0 Å². The second kappa shape index (κ2) is 7.70. The van der Waals surface area contributed by atoms with Crippen LogP contribution in [0.4, 0.5) is 0 Å². The van der Waals surface area contributed by atoms with Crippen LogP contribution in [0.1, 0.15) is 50.2 Å². The zero-order valence-corrected chi connectivity index (χ0v) is 15.9. The molecule has 7 heteroatoms. The Balaban J connectivity index is 1.66. The maximum Gasteiger partial charge on any atom is 0.174 e. The number of hydrogen-bond donors (Lipinski definition) is 1. The number of aryl methyl sites for hydroxylation is 1. The molecule has 1 aromatic carbocycles. The Bertz CT molecular complexity index is 924. The third kappa shape index (κ3) is 3.70. The third-order valence-electron chi connectivity index (χ3n) is 5.13. The minimum absolute atomic E-state index is 0.0665. The summed E-state index contributed by atoms with van der Waals surface area (Å²) in [4.78, 5) is 14.0. The van der Waals surface area contributed by atoms with Gasteiger partial charge in [0.05, 0.1) is 23.3 Å². The second-order valence-corrected chi connectivity index (χ2v) is 7.23. The van der Waals surface area contributed by atoms with Crippen LogP contribution in [0, 0.1) is 6.92 Å². The third-order valence-corrected chi connectivity index (χ3v) is 5.13. The van der Waals surface area contributed by atoms with E-state index in [0.29, 0.717) is 5.82 Å². The van der Waals surface area contributed by atoms with Crippen molar-refractivity contribution in [1.82, 2.24) is 24.7 Å². The molecule has 1 aliphatic carbocycles. The van der Waals surface area contributed by atoms with Gasteiger partial charge in [-0.2, -0.15) is 4.68 Å². The molecule has 1 fully saturated rings. The van der Waals surface area contributed by atoms with Gasteiger partial charge < -0.3 is 10.5 Å². The molecule has 2 aromatic heterocycles. The van der Waals surface area contributed by atoms with E-state index in [0.717, 1.165) is 55.0 Å². The zero-order chi connectivity index (χ0) is 18.8. The molecule has 27 heavy (non-hydrogen) atoms. The predicted molar refractivity (Wildman–Crippen MR) is 104 cm³/mol. The van der Waals surface area contributed by atoms with Crippen LogP contribution in [0.3, 0.4) is 0 Å². The number of aromatic nitrogens is 5. The summed E-state index contributed by atoms with van der Waals surface area (Å²) in [6.07, 6.45) is 5.59. The summed E-state index contributed by atoms with van der Waals surface area (Å²) in [7, 11) is 0. The van der Waals surface area contributed by atoms with Gasteiger partial charge in [0, 0.05) is 18.6 Å². The van der Waals surface area contributed by atoms with Crippen LogP contribution in [-0.4, -0.2) is 43.5 Å². The first-order valence-electron chi connectivity index (χ1n) is 9.68. The molecular formula is C20H26N6O. The highest BCUT2D eigenvalue weighted by atomic mass is 16.5. The molecule has 1 aliphatic rings. The lowest BCUT2D eigenvalue weighted by Crippen LogP contribution is -2.42. The molecule has 0 bridgehead atoms. The van der Waals surface area contributed by atoms with Gasteiger partial charge in [-0.25, -0.2) is 9.97 Å². The molecule has 0 unspecified atom stereocenters. The monoisotopic (exact) mass is 366 g/mol. The number of nitrogens with two attached hydrogens (primary N) is 1. The maximum absolute atomic E-state index is 6.29. The highest BCUT2D eigenvalue weighted by Gasteiger charge is 2.33. The molecule has 3 atom stereocenters. The first-order chi connectivity index (χ1) is 13.2. The predicted octanol–water partition coefficient (Wildman–Crippen LogP) is 2.91. The standard InChI is InChI=1S/C20H26N6O/c1-3-10-27-18-11-14(8-9-15(18)21)20-23-13(2)25-26(20)19-12-22-16-6-4-5-7-17(16)24-19/h4-7,12,14-15,18H,3,8-11,21H2,1-2H3/t14-,15-,18-/m0/s1. The van der Waals surface area contributed by atoms with Crippen molar-refractivity contribution in [3.63, 3.8) is 0 Å². The molecule has 3 aromatic rings. The largest absolute Gasteiger partial charge is 0.377 e. The van der Waals surface area contributed by atoms with Gasteiger partial charge >= 0.3 is 0 Å². The summed E-state index contributed by atoms with van der Waals surface area (Å²) in [6, 6.07) is 7.93. The van der Waals surface area contributed by atoms with E-state index in [1.54, 1.807) is 6.20 Å². The first-order valence-corrected chi connectivity index (χ1v) is 9.68. The van der Waals surface area contributed by atoms with Crippen molar-refractivity contribution in [2.75, 3.05) is 6.61 Å². The number of nitrogens with zero attached hydrogens (tertiary/aromatic N) is 5. The summed E-state index contributed by atoms with van der Waals surface area (Å²) >= 11 is 0. The minimum atomic E-state index is 0.0665. The Hall–Kier alpha value is -2.38. The van der Waals surface area contributed by atoms with E-state index in [1.807, 2.05) is 35.9 Å². The van der Waals surface area contributed by atoms with E-state index >= 15 is 0 Å². The first kappa shape index (κ1) is 18.0. The van der Waals surface area contributed by atoms with Gasteiger partial charge in [-0.1, -0.05) is 19.1 Å². The van der Waals surface area contributed by atoms with E-state index in [9.17, 15) is 0 Å². The van der Waals surface area contributed by atoms with E-state index in [-0.39, 0.29) is 18.1 Å². The van der Waals surface area contributed by atoms with Crippen LogP contribution in [0.5, 0.6) is 0 Å². The number of hydrogen-bond acceptors (Lipinski definition) is 6. The summed E-state index contributed by atoms with van der Waals surface area (Å²) < 4.78 is 7.84. The van der Waals surface area contributed by atoms with Gasteiger partial charge in [0.1, 0.15) is 11.6 Å². The summed E-state index contributed by atoms with van der Waals surface area (Å²) in [6.45, 7) is 4.77.